The molecule has 462 valence electrons. The molecule has 0 amide bonds. The van der Waals surface area contributed by atoms with Crippen molar-refractivity contribution in [1.82, 2.24) is 13.7 Å². The predicted molar refractivity (Wildman–Crippen MR) is 279 cm³/mol. The first-order valence-electron chi connectivity index (χ1n) is 24.1. The van der Waals surface area contributed by atoms with Gasteiger partial charge in [-0.3, -0.25) is 0 Å². The summed E-state index contributed by atoms with van der Waals surface area (Å²) in [6, 6.07) is 37.7. The molecule has 0 bridgehead atoms. The fraction of sp³-hybridized carbons (Fsp3) is 0.235. The van der Waals surface area contributed by atoms with E-state index >= 15 is 0 Å². The number of imidazole rings is 3. The number of hydrogen-bond donors (Lipinski definition) is 0. The van der Waals surface area contributed by atoms with Gasteiger partial charge in [0.1, 0.15) is 0 Å². The average molecular weight is 1280 g/mol. The third-order valence-electron chi connectivity index (χ3n) is 12.3. The van der Waals surface area contributed by atoms with Gasteiger partial charge in [0.15, 0.2) is 67.6 Å². The van der Waals surface area contributed by atoms with Gasteiger partial charge in [-0.25, -0.2) is 13.7 Å². The van der Waals surface area contributed by atoms with E-state index in [9.17, 15) is 75.5 Å². The molecule has 0 saturated heterocycles. The van der Waals surface area contributed by atoms with Gasteiger partial charge in [0, 0.05) is 0 Å². The van der Waals surface area contributed by atoms with Gasteiger partial charge in [-0.15, -0.1) is 0 Å². The quantitative estimate of drug-likeness (QED) is 0.0689. The van der Waals surface area contributed by atoms with Crippen LogP contribution in [0.4, 0.5) is 75.5 Å². The first-order chi connectivity index (χ1) is 38.1. The van der Waals surface area contributed by atoms with E-state index in [1.165, 1.54) is 0 Å². The molecule has 0 aliphatic heterocycles. The van der Waals surface area contributed by atoms with Gasteiger partial charge in [0.2, 0.25) is 39.2 Å². The normalized spacial score (nSPS) is 15.0. The Bertz CT molecular complexity index is 3520. The topological polar surface area (TPSA) is 81.8 Å². The number of para-hydroxylation sites is 6. The molecule has 12 nitrogen and oxygen atoms in total. The van der Waals surface area contributed by atoms with Crippen LogP contribution in [0.15, 0.2) is 128 Å². The van der Waals surface area contributed by atoms with Gasteiger partial charge < -0.3 is 28.4 Å². The summed E-state index contributed by atoms with van der Waals surface area (Å²) < 4.78 is 228. The van der Waals surface area contributed by atoms with Gasteiger partial charge in [0.05, 0.1) is 42.5 Å². The van der Waals surface area contributed by atoms with Gasteiger partial charge in [-0.1, -0.05) is 36.4 Å². The van der Waals surface area contributed by atoms with Crippen LogP contribution in [-0.2, 0) is 60.6 Å². The first kappa shape index (κ1) is 64.1. The summed E-state index contributed by atoms with van der Waals surface area (Å²) in [6.45, 7) is 0.942. The summed E-state index contributed by atoms with van der Waals surface area (Å²) in [4.78, 5) is 0. The Morgan fingerprint density at radius 1 is 0.333 bits per heavy atom. The summed E-state index contributed by atoms with van der Waals surface area (Å²) in [7, 11) is -20.7. The molecule has 33 heteroatoms. The monoisotopic (exact) mass is 1280 g/mol. The Kier molecular flexibility index (Phi) is 15.8. The number of hydrogen-bond acceptors (Lipinski definition) is 6. The van der Waals surface area contributed by atoms with Gasteiger partial charge in [0.25, 0.3) is 0 Å². The van der Waals surface area contributed by atoms with Crippen molar-refractivity contribution in [3.05, 3.63) is 162 Å². The van der Waals surface area contributed by atoms with Crippen LogP contribution in [0, 0.1) is 0 Å². The maximum absolute atomic E-state index is 10.7. The number of aryl methyl sites for hydroxylation is 3. The molecule has 9 aromatic rings. The molecule has 3 heterocycles. The maximum atomic E-state index is 9.87. The number of benzene rings is 6. The SMILES string of the molecule is COc1cc2c(cc1OCn1c[n+](C)c3ccccc31)Cc1cc(OC)c(OCn3c[n+](C)c4ccccc43)cc1Cc1cc(OC)c(OCn3c[n+](C)c4ccccc43)cc1C2.F[P-](F)(F)(F)(F)F.F[P-](F)(F)(F)(F)F.F[P-](F)(F)(F)(F)F. The second-order valence-corrected chi connectivity index (χ2v) is 24.8. The fourth-order valence-electron chi connectivity index (χ4n) is 9.09. The van der Waals surface area contributed by atoms with Crippen molar-refractivity contribution in [2.24, 2.45) is 21.1 Å². The number of aromatic nitrogens is 6. The summed E-state index contributed by atoms with van der Waals surface area (Å²) in [5.74, 6) is 4.01. The van der Waals surface area contributed by atoms with Crippen LogP contribution >= 0.6 is 23.4 Å². The fourth-order valence-corrected chi connectivity index (χ4v) is 9.09. The Morgan fingerprint density at radius 3 is 0.726 bits per heavy atom. The van der Waals surface area contributed by atoms with E-state index in [1.807, 2.05) is 57.5 Å². The van der Waals surface area contributed by atoms with Gasteiger partial charge >= 0.3 is 99.0 Å². The molecule has 0 unspecified atom stereocenters. The van der Waals surface area contributed by atoms with Crippen LogP contribution in [0.2, 0.25) is 0 Å². The van der Waals surface area contributed by atoms with Crippen molar-refractivity contribution in [2.75, 3.05) is 21.3 Å². The standard InChI is InChI=1S/C51H51N6O6.3F6P/c1-52-28-55(43-16-10-7-13-40(43)52)31-61-49-25-37-19-35-23-47(59-5)51(63-33-57-30-54(3)42-15-9-12-18-45(42)57)27-39(35)21-36-24-48(60-6)50(26-38(36)20-34(37)22-46(49)58-4)62-32-56-29-53(2)41-14-8-11-17-44(41)56;3*1-7(2,3,4,5)6/h7-18,22-30H,19-21,31-33H2,1-6H3;;;/q+3;3*-1. The van der Waals surface area contributed by atoms with E-state index in [-0.39, 0.29) is 0 Å². The molecule has 6 aromatic carbocycles. The van der Waals surface area contributed by atoms with Crippen LogP contribution in [-0.4, -0.2) is 35.0 Å². The van der Waals surface area contributed by atoms with Crippen LogP contribution in [0.25, 0.3) is 33.1 Å². The second-order valence-electron chi connectivity index (χ2n) is 19.1. The van der Waals surface area contributed by atoms with Crippen molar-refractivity contribution in [3.63, 3.8) is 0 Å². The zero-order valence-corrected chi connectivity index (χ0v) is 47.3. The van der Waals surface area contributed by atoms with E-state index in [0.717, 1.165) is 66.5 Å². The van der Waals surface area contributed by atoms with Crippen LogP contribution in [0.5, 0.6) is 34.5 Å². The van der Waals surface area contributed by atoms with Crippen LogP contribution in [0.1, 0.15) is 33.4 Å². The molecular weight excluding hydrogens is 1230 g/mol. The van der Waals surface area contributed by atoms with E-state index < -0.39 is 23.4 Å². The number of fused-ring (bicyclic) bond motifs is 6. The molecule has 84 heavy (non-hydrogen) atoms. The molecule has 0 N–H and O–H groups in total. The van der Waals surface area contributed by atoms with Crippen molar-refractivity contribution >= 4 is 56.5 Å². The van der Waals surface area contributed by atoms with Gasteiger partial charge in [-0.05, 0) is 125 Å². The molecular formula is C51H51F18N6O6P3. The van der Waals surface area contributed by atoms with E-state index in [0.29, 0.717) is 74.0 Å². The van der Waals surface area contributed by atoms with Crippen molar-refractivity contribution < 1.29 is 118 Å². The number of methoxy groups -OCH3 is 3. The second kappa shape index (κ2) is 20.7. The number of ether oxygens (including phenoxy) is 6. The molecule has 0 radical (unpaired) electrons. The molecule has 1 aliphatic rings. The molecule has 0 fully saturated rings. The van der Waals surface area contributed by atoms with Crippen LogP contribution < -0.4 is 42.1 Å². The summed E-state index contributed by atoms with van der Waals surface area (Å²) in [6.07, 6.45) is 8.06. The third-order valence-corrected chi connectivity index (χ3v) is 12.3. The van der Waals surface area contributed by atoms with E-state index in [1.54, 1.807) is 21.3 Å². The third kappa shape index (κ3) is 19.9. The minimum atomic E-state index is -10.7. The molecule has 10 rings (SSSR count). The first-order valence-corrected chi connectivity index (χ1v) is 30.2. The minimum absolute atomic E-state index is 0.314. The number of halogens is 18. The van der Waals surface area contributed by atoms with Crippen molar-refractivity contribution in [1.29, 1.82) is 0 Å². The van der Waals surface area contributed by atoms with Gasteiger partial charge in [-0.2, -0.15) is 13.7 Å². The average Bonchev–Trinajstić information content (AvgIpc) is 2.78. The molecule has 0 atom stereocenters. The Balaban J connectivity index is 0.000000412. The summed E-state index contributed by atoms with van der Waals surface area (Å²) in [5.41, 5.74) is 13.4. The number of nitrogens with zero attached hydrogens (tertiary/aromatic N) is 6. The van der Waals surface area contributed by atoms with E-state index in [2.05, 4.69) is 119 Å². The molecule has 0 saturated carbocycles. The molecule has 0 spiro atoms. The molecule has 1 aliphatic carbocycles. The zero-order valence-electron chi connectivity index (χ0n) is 44.6. The number of rotatable bonds is 12. The zero-order chi connectivity index (χ0) is 62.4. The Hall–Kier alpha value is -7.44. The Labute approximate surface area is 464 Å². The van der Waals surface area contributed by atoms with Crippen molar-refractivity contribution in [3.8, 4) is 34.5 Å². The predicted octanol–water partition coefficient (Wildman–Crippen LogP) is 17.4. The molecule has 3 aromatic heterocycles. The summed E-state index contributed by atoms with van der Waals surface area (Å²) >= 11 is 0. The van der Waals surface area contributed by atoms with Crippen LogP contribution in [0.3, 0.4) is 0 Å². The van der Waals surface area contributed by atoms with Crippen molar-refractivity contribution in [2.45, 2.75) is 39.5 Å². The Morgan fingerprint density at radius 2 is 0.524 bits per heavy atom. The van der Waals surface area contributed by atoms with E-state index in [4.69, 9.17) is 28.4 Å². The summed E-state index contributed by atoms with van der Waals surface area (Å²) in [5, 5.41) is 0.